The summed E-state index contributed by atoms with van der Waals surface area (Å²) in [5.74, 6) is 0.523. The van der Waals surface area contributed by atoms with Gasteiger partial charge < -0.3 is 4.90 Å². The number of nitriles is 1. The first-order valence-corrected chi connectivity index (χ1v) is 7.07. The molecule has 2 nitrogen and oxygen atoms in total. The Labute approximate surface area is 114 Å². The SMILES string of the molecule is CCC1CCC(N(C)c2cc(F)cc(C#N)c2)CC1. The quantitative estimate of drug-likeness (QED) is 0.818. The monoisotopic (exact) mass is 260 g/mol. The Morgan fingerprint density at radius 1 is 1.26 bits per heavy atom. The molecule has 0 saturated heterocycles. The topological polar surface area (TPSA) is 27.0 Å². The number of anilines is 1. The van der Waals surface area contributed by atoms with Gasteiger partial charge in [0.1, 0.15) is 5.82 Å². The van der Waals surface area contributed by atoms with E-state index in [0.717, 1.165) is 24.4 Å². The van der Waals surface area contributed by atoms with Crippen LogP contribution in [-0.2, 0) is 0 Å². The summed E-state index contributed by atoms with van der Waals surface area (Å²) in [5.41, 5.74) is 1.21. The molecule has 1 saturated carbocycles. The highest BCUT2D eigenvalue weighted by Crippen LogP contribution is 2.31. The molecule has 0 bridgehead atoms. The minimum atomic E-state index is -0.330. The van der Waals surface area contributed by atoms with Crippen LogP contribution in [0.1, 0.15) is 44.6 Å². The van der Waals surface area contributed by atoms with E-state index in [1.165, 1.54) is 31.4 Å². The third kappa shape index (κ3) is 3.26. The molecule has 1 aromatic rings. The van der Waals surface area contributed by atoms with Crippen molar-refractivity contribution in [1.82, 2.24) is 0 Å². The average molecular weight is 260 g/mol. The van der Waals surface area contributed by atoms with E-state index in [2.05, 4.69) is 11.8 Å². The minimum absolute atomic E-state index is 0.330. The van der Waals surface area contributed by atoms with Gasteiger partial charge in [0.2, 0.25) is 0 Å². The lowest BCUT2D eigenvalue weighted by atomic mass is 9.84. The Morgan fingerprint density at radius 2 is 1.95 bits per heavy atom. The maximum atomic E-state index is 13.5. The van der Waals surface area contributed by atoms with Crippen molar-refractivity contribution in [2.75, 3.05) is 11.9 Å². The molecular formula is C16H21FN2. The third-order valence-electron chi connectivity index (χ3n) is 4.36. The van der Waals surface area contributed by atoms with Gasteiger partial charge in [-0.15, -0.1) is 0 Å². The lowest BCUT2D eigenvalue weighted by Crippen LogP contribution is -2.35. The Kier molecular flexibility index (Phi) is 4.42. The number of hydrogen-bond acceptors (Lipinski definition) is 2. The number of halogens is 1. The predicted octanol–water partition coefficient (Wildman–Crippen LogP) is 4.10. The van der Waals surface area contributed by atoms with Gasteiger partial charge in [0.05, 0.1) is 11.6 Å². The first-order valence-electron chi connectivity index (χ1n) is 7.07. The first kappa shape index (κ1) is 13.9. The van der Waals surface area contributed by atoms with E-state index < -0.39 is 0 Å². The minimum Gasteiger partial charge on any atom is -0.371 e. The van der Waals surface area contributed by atoms with Crippen LogP contribution in [0.4, 0.5) is 10.1 Å². The molecule has 0 aliphatic heterocycles. The summed E-state index contributed by atoms with van der Waals surface area (Å²) < 4.78 is 13.5. The highest BCUT2D eigenvalue weighted by atomic mass is 19.1. The van der Waals surface area contributed by atoms with Crippen LogP contribution in [0.5, 0.6) is 0 Å². The number of hydrogen-bond donors (Lipinski definition) is 0. The molecule has 3 heteroatoms. The normalized spacial score (nSPS) is 22.8. The van der Waals surface area contributed by atoms with Gasteiger partial charge in [-0.1, -0.05) is 13.3 Å². The fourth-order valence-electron chi connectivity index (χ4n) is 2.99. The number of nitrogens with zero attached hydrogens (tertiary/aromatic N) is 2. The molecule has 0 amide bonds. The average Bonchev–Trinajstić information content (AvgIpc) is 2.46. The van der Waals surface area contributed by atoms with Crippen LogP contribution in [-0.4, -0.2) is 13.1 Å². The molecule has 1 aromatic carbocycles. The molecule has 1 fully saturated rings. The van der Waals surface area contributed by atoms with Gasteiger partial charge in [0, 0.05) is 18.8 Å². The van der Waals surface area contributed by atoms with E-state index >= 15 is 0 Å². The van der Waals surface area contributed by atoms with Gasteiger partial charge in [-0.05, 0) is 49.8 Å². The van der Waals surface area contributed by atoms with Gasteiger partial charge in [0.25, 0.3) is 0 Å². The van der Waals surface area contributed by atoms with Crippen molar-refractivity contribution >= 4 is 5.69 Å². The molecule has 0 spiro atoms. The molecule has 19 heavy (non-hydrogen) atoms. The third-order valence-corrected chi connectivity index (χ3v) is 4.36. The Morgan fingerprint density at radius 3 is 2.53 bits per heavy atom. The van der Waals surface area contributed by atoms with Gasteiger partial charge in [0.15, 0.2) is 0 Å². The van der Waals surface area contributed by atoms with Crippen molar-refractivity contribution in [3.05, 3.63) is 29.6 Å². The van der Waals surface area contributed by atoms with Crippen molar-refractivity contribution in [1.29, 1.82) is 5.26 Å². The molecule has 0 heterocycles. The van der Waals surface area contributed by atoms with E-state index in [-0.39, 0.29) is 5.82 Å². The molecular weight excluding hydrogens is 239 g/mol. The molecule has 1 aliphatic carbocycles. The van der Waals surface area contributed by atoms with E-state index in [1.807, 2.05) is 13.1 Å². The van der Waals surface area contributed by atoms with Crippen molar-refractivity contribution in [2.24, 2.45) is 5.92 Å². The molecule has 1 aliphatic rings. The number of benzene rings is 1. The van der Waals surface area contributed by atoms with Crippen molar-refractivity contribution in [3.8, 4) is 6.07 Å². The Balaban J connectivity index is 2.10. The van der Waals surface area contributed by atoms with Crippen molar-refractivity contribution in [2.45, 2.75) is 45.1 Å². The number of rotatable bonds is 3. The standard InChI is InChI=1S/C16H21FN2/c1-3-12-4-6-15(7-5-12)19(2)16-9-13(11-18)8-14(17)10-16/h8-10,12,15H,3-7H2,1-2H3. The smallest absolute Gasteiger partial charge is 0.126 e. The molecule has 0 atom stereocenters. The summed E-state index contributed by atoms with van der Waals surface area (Å²) in [6.07, 6.45) is 6.09. The molecule has 102 valence electrons. The molecule has 0 aromatic heterocycles. The highest BCUT2D eigenvalue weighted by molar-refractivity contribution is 5.52. The fraction of sp³-hybridized carbons (Fsp3) is 0.562. The summed E-state index contributed by atoms with van der Waals surface area (Å²) in [6.45, 7) is 2.25. The zero-order chi connectivity index (χ0) is 13.8. The molecule has 2 rings (SSSR count). The van der Waals surface area contributed by atoms with E-state index in [4.69, 9.17) is 5.26 Å². The second-order valence-corrected chi connectivity index (χ2v) is 5.50. The van der Waals surface area contributed by atoms with Crippen molar-refractivity contribution in [3.63, 3.8) is 0 Å². The second-order valence-electron chi connectivity index (χ2n) is 5.50. The maximum Gasteiger partial charge on any atom is 0.126 e. The van der Waals surface area contributed by atoms with Gasteiger partial charge in [-0.2, -0.15) is 5.26 Å². The first-order chi connectivity index (χ1) is 9.13. The van der Waals surface area contributed by atoms with E-state index in [9.17, 15) is 4.39 Å². The van der Waals surface area contributed by atoms with Crippen LogP contribution in [0.15, 0.2) is 18.2 Å². The van der Waals surface area contributed by atoms with Gasteiger partial charge in [-0.3, -0.25) is 0 Å². The van der Waals surface area contributed by atoms with Crippen LogP contribution in [0, 0.1) is 23.1 Å². The van der Waals surface area contributed by atoms with Gasteiger partial charge in [-0.25, -0.2) is 4.39 Å². The molecule has 0 radical (unpaired) electrons. The molecule has 0 N–H and O–H groups in total. The van der Waals surface area contributed by atoms with Crippen LogP contribution in [0.2, 0.25) is 0 Å². The van der Waals surface area contributed by atoms with Crippen molar-refractivity contribution < 1.29 is 4.39 Å². The van der Waals surface area contributed by atoms with E-state index in [0.29, 0.717) is 11.6 Å². The summed E-state index contributed by atoms with van der Waals surface area (Å²) in [4.78, 5) is 2.13. The second kappa shape index (κ2) is 6.06. The Bertz CT molecular complexity index is 470. The summed E-state index contributed by atoms with van der Waals surface area (Å²) in [6, 6.07) is 7.06. The van der Waals surface area contributed by atoms with Gasteiger partial charge >= 0.3 is 0 Å². The lowest BCUT2D eigenvalue weighted by molar-refractivity contribution is 0.313. The Hall–Kier alpha value is -1.56. The predicted molar refractivity (Wildman–Crippen MR) is 75.6 cm³/mol. The van der Waals surface area contributed by atoms with E-state index in [1.54, 1.807) is 6.07 Å². The lowest BCUT2D eigenvalue weighted by Gasteiger charge is -2.35. The summed E-state index contributed by atoms with van der Waals surface area (Å²) in [5, 5.41) is 8.91. The zero-order valence-electron chi connectivity index (χ0n) is 11.7. The zero-order valence-corrected chi connectivity index (χ0v) is 11.7. The maximum absolute atomic E-state index is 13.5. The van der Waals surface area contributed by atoms with Crippen LogP contribution < -0.4 is 4.90 Å². The molecule has 0 unspecified atom stereocenters. The highest BCUT2D eigenvalue weighted by Gasteiger charge is 2.23. The van der Waals surface area contributed by atoms with Crippen LogP contribution in [0.25, 0.3) is 0 Å². The van der Waals surface area contributed by atoms with Crippen LogP contribution in [0.3, 0.4) is 0 Å². The fourth-order valence-corrected chi connectivity index (χ4v) is 2.99. The largest absolute Gasteiger partial charge is 0.371 e. The summed E-state index contributed by atoms with van der Waals surface area (Å²) in [7, 11) is 2.01. The summed E-state index contributed by atoms with van der Waals surface area (Å²) >= 11 is 0. The van der Waals surface area contributed by atoms with Crippen LogP contribution >= 0.6 is 0 Å².